The topological polar surface area (TPSA) is 110 Å². The number of carbonyl (C=O) groups excluding carboxylic acids is 1. The van der Waals surface area contributed by atoms with Crippen LogP contribution in [0.2, 0.25) is 0 Å². The molecule has 1 amide bonds. The standard InChI is InChI=1S/C11H11N5O3/c1-16-14-11(13-15-16)12-9(17)6-7-4-2-3-5-8(7)10(18)19/h2-5H,6H2,1H3,(H,18,19)(H,12,14,17). The first kappa shape index (κ1) is 12.7. The van der Waals surface area contributed by atoms with Crippen LogP contribution in [0.1, 0.15) is 15.9 Å². The van der Waals surface area contributed by atoms with Crippen molar-refractivity contribution in [2.45, 2.75) is 6.42 Å². The zero-order valence-electron chi connectivity index (χ0n) is 10.1. The fourth-order valence-corrected chi connectivity index (χ4v) is 1.56. The van der Waals surface area contributed by atoms with E-state index in [1.165, 1.54) is 10.9 Å². The second-order valence-corrected chi connectivity index (χ2v) is 3.79. The quantitative estimate of drug-likeness (QED) is 0.807. The van der Waals surface area contributed by atoms with E-state index in [9.17, 15) is 9.59 Å². The molecular formula is C11H11N5O3. The van der Waals surface area contributed by atoms with Crippen LogP contribution < -0.4 is 5.32 Å². The lowest BCUT2D eigenvalue weighted by atomic mass is 10.0. The Morgan fingerprint density at radius 2 is 2.11 bits per heavy atom. The predicted octanol–water partition coefficient (Wildman–Crippen LogP) is 0.0895. The average molecular weight is 261 g/mol. The first-order valence-corrected chi connectivity index (χ1v) is 5.41. The van der Waals surface area contributed by atoms with Crippen LogP contribution in [0.4, 0.5) is 5.95 Å². The predicted molar refractivity (Wildman–Crippen MR) is 64.5 cm³/mol. The summed E-state index contributed by atoms with van der Waals surface area (Å²) in [5, 5.41) is 22.4. The molecule has 0 saturated heterocycles. The maximum Gasteiger partial charge on any atom is 0.335 e. The van der Waals surface area contributed by atoms with Crippen LogP contribution in [0.3, 0.4) is 0 Å². The highest BCUT2D eigenvalue weighted by atomic mass is 16.4. The Bertz CT molecular complexity index is 622. The molecule has 0 spiro atoms. The van der Waals surface area contributed by atoms with Gasteiger partial charge in [0.05, 0.1) is 19.0 Å². The largest absolute Gasteiger partial charge is 0.478 e. The molecule has 0 atom stereocenters. The molecule has 1 heterocycles. The lowest BCUT2D eigenvalue weighted by molar-refractivity contribution is -0.115. The van der Waals surface area contributed by atoms with Crippen LogP contribution in [0.15, 0.2) is 24.3 Å². The average Bonchev–Trinajstić information content (AvgIpc) is 2.75. The van der Waals surface area contributed by atoms with E-state index in [-0.39, 0.29) is 17.9 Å². The lowest BCUT2D eigenvalue weighted by Gasteiger charge is -2.04. The summed E-state index contributed by atoms with van der Waals surface area (Å²) < 4.78 is 0. The van der Waals surface area contributed by atoms with Crippen LogP contribution in [0, 0.1) is 0 Å². The van der Waals surface area contributed by atoms with Gasteiger partial charge in [0.2, 0.25) is 5.91 Å². The molecule has 8 nitrogen and oxygen atoms in total. The van der Waals surface area contributed by atoms with E-state index in [1.807, 2.05) is 0 Å². The molecule has 2 rings (SSSR count). The molecule has 1 aromatic carbocycles. The van der Waals surface area contributed by atoms with E-state index in [2.05, 4.69) is 20.7 Å². The third-order valence-electron chi connectivity index (χ3n) is 2.36. The summed E-state index contributed by atoms with van der Waals surface area (Å²) in [7, 11) is 1.57. The van der Waals surface area contributed by atoms with Crippen LogP contribution in [0.5, 0.6) is 0 Å². The van der Waals surface area contributed by atoms with Gasteiger partial charge in [0.25, 0.3) is 5.95 Å². The van der Waals surface area contributed by atoms with Crippen molar-refractivity contribution in [1.29, 1.82) is 0 Å². The lowest BCUT2D eigenvalue weighted by Crippen LogP contribution is -2.17. The van der Waals surface area contributed by atoms with Gasteiger partial charge in [0.15, 0.2) is 0 Å². The highest BCUT2D eigenvalue weighted by Gasteiger charge is 2.13. The summed E-state index contributed by atoms with van der Waals surface area (Å²) in [5.74, 6) is -1.39. The second-order valence-electron chi connectivity index (χ2n) is 3.79. The smallest absolute Gasteiger partial charge is 0.335 e. The highest BCUT2D eigenvalue weighted by Crippen LogP contribution is 2.10. The van der Waals surface area contributed by atoms with Crippen molar-refractivity contribution in [2.75, 3.05) is 5.32 Å². The zero-order chi connectivity index (χ0) is 13.8. The van der Waals surface area contributed by atoms with Crippen molar-refractivity contribution >= 4 is 17.8 Å². The number of aromatic carboxylic acids is 1. The van der Waals surface area contributed by atoms with Crippen molar-refractivity contribution in [2.24, 2.45) is 7.05 Å². The maximum absolute atomic E-state index is 11.7. The third-order valence-corrected chi connectivity index (χ3v) is 2.36. The van der Waals surface area contributed by atoms with Gasteiger partial charge in [-0.1, -0.05) is 23.3 Å². The summed E-state index contributed by atoms with van der Waals surface area (Å²) in [6.45, 7) is 0. The normalized spacial score (nSPS) is 10.2. The van der Waals surface area contributed by atoms with Crippen LogP contribution in [-0.2, 0) is 18.3 Å². The van der Waals surface area contributed by atoms with E-state index in [1.54, 1.807) is 25.2 Å². The molecule has 8 heteroatoms. The van der Waals surface area contributed by atoms with E-state index < -0.39 is 11.9 Å². The monoisotopic (exact) mass is 261 g/mol. The fraction of sp³-hybridized carbons (Fsp3) is 0.182. The van der Waals surface area contributed by atoms with Crippen molar-refractivity contribution < 1.29 is 14.7 Å². The van der Waals surface area contributed by atoms with Crippen molar-refractivity contribution in [1.82, 2.24) is 20.2 Å². The van der Waals surface area contributed by atoms with Gasteiger partial charge in [-0.15, -0.1) is 5.10 Å². The first-order valence-electron chi connectivity index (χ1n) is 5.41. The van der Waals surface area contributed by atoms with Gasteiger partial charge in [-0.25, -0.2) is 4.79 Å². The summed E-state index contributed by atoms with van der Waals surface area (Å²) >= 11 is 0. The minimum absolute atomic E-state index is 0.0687. The molecule has 1 aromatic heterocycles. The number of hydrogen-bond acceptors (Lipinski definition) is 5. The number of benzene rings is 1. The van der Waals surface area contributed by atoms with E-state index in [4.69, 9.17) is 5.11 Å². The van der Waals surface area contributed by atoms with Crippen molar-refractivity contribution in [3.05, 3.63) is 35.4 Å². The Morgan fingerprint density at radius 3 is 2.74 bits per heavy atom. The number of nitrogens with zero attached hydrogens (tertiary/aromatic N) is 4. The van der Waals surface area contributed by atoms with Gasteiger partial charge >= 0.3 is 5.97 Å². The molecule has 0 unspecified atom stereocenters. The number of carboxylic acid groups (broad SMARTS) is 1. The van der Waals surface area contributed by atoms with Gasteiger partial charge in [-0.05, 0) is 16.8 Å². The molecule has 0 saturated carbocycles. The molecule has 2 N–H and O–H groups in total. The highest BCUT2D eigenvalue weighted by molar-refractivity contribution is 5.95. The number of rotatable bonds is 4. The fourth-order valence-electron chi connectivity index (χ4n) is 1.56. The molecule has 0 fully saturated rings. The van der Waals surface area contributed by atoms with Crippen LogP contribution >= 0.6 is 0 Å². The Balaban J connectivity index is 2.09. The second kappa shape index (κ2) is 5.25. The Hall–Kier alpha value is -2.77. The molecule has 0 aliphatic carbocycles. The van der Waals surface area contributed by atoms with Crippen molar-refractivity contribution in [3.63, 3.8) is 0 Å². The Labute approximate surface area is 108 Å². The minimum Gasteiger partial charge on any atom is -0.478 e. The van der Waals surface area contributed by atoms with Crippen molar-refractivity contribution in [3.8, 4) is 0 Å². The Kier molecular flexibility index (Phi) is 3.51. The van der Waals surface area contributed by atoms with Gasteiger partial charge < -0.3 is 5.11 Å². The molecule has 98 valence electrons. The van der Waals surface area contributed by atoms with E-state index in [0.29, 0.717) is 5.56 Å². The molecule has 2 aromatic rings. The van der Waals surface area contributed by atoms with Gasteiger partial charge in [-0.3, -0.25) is 10.1 Å². The number of aromatic nitrogens is 4. The van der Waals surface area contributed by atoms with Crippen LogP contribution in [-0.4, -0.2) is 37.2 Å². The summed E-state index contributed by atoms with van der Waals surface area (Å²) in [6, 6.07) is 6.32. The summed E-state index contributed by atoms with van der Waals surface area (Å²) in [6.07, 6.45) is -0.0687. The number of carboxylic acids is 1. The molecule has 0 aliphatic rings. The number of tetrazole rings is 1. The molecule has 0 radical (unpaired) electrons. The maximum atomic E-state index is 11.7. The van der Waals surface area contributed by atoms with Gasteiger partial charge in [0.1, 0.15) is 0 Å². The third kappa shape index (κ3) is 3.12. The molecule has 19 heavy (non-hydrogen) atoms. The van der Waals surface area contributed by atoms with Crippen LogP contribution in [0.25, 0.3) is 0 Å². The number of anilines is 1. The zero-order valence-corrected chi connectivity index (χ0v) is 10.1. The molecular weight excluding hydrogens is 250 g/mol. The number of hydrogen-bond donors (Lipinski definition) is 2. The Morgan fingerprint density at radius 1 is 1.37 bits per heavy atom. The summed E-state index contributed by atoms with van der Waals surface area (Å²) in [5.41, 5.74) is 0.529. The van der Waals surface area contributed by atoms with E-state index >= 15 is 0 Å². The first-order chi connectivity index (χ1) is 9.06. The molecule has 0 aliphatic heterocycles. The SMILES string of the molecule is Cn1nnc(NC(=O)Cc2ccccc2C(=O)O)n1. The number of carbonyl (C=O) groups is 2. The minimum atomic E-state index is -1.07. The number of aryl methyl sites for hydroxylation is 1. The van der Waals surface area contributed by atoms with Gasteiger partial charge in [-0.2, -0.15) is 4.80 Å². The summed E-state index contributed by atoms with van der Waals surface area (Å²) in [4.78, 5) is 23.9. The number of nitrogens with one attached hydrogen (secondary N) is 1. The molecule has 0 bridgehead atoms. The van der Waals surface area contributed by atoms with Gasteiger partial charge in [0, 0.05) is 0 Å². The van der Waals surface area contributed by atoms with E-state index in [0.717, 1.165) is 0 Å². The number of amides is 1.